The quantitative estimate of drug-likeness (QED) is 0.109. The van der Waals surface area contributed by atoms with Crippen LogP contribution in [0.5, 0.6) is 0 Å². The predicted molar refractivity (Wildman–Crippen MR) is 218 cm³/mol. The van der Waals surface area contributed by atoms with Crippen LogP contribution in [0.1, 0.15) is 33.4 Å². The smallest absolute Gasteiger partial charge is 0 e. The molecule has 0 amide bonds. The van der Waals surface area contributed by atoms with Gasteiger partial charge in [0.2, 0.25) is 0 Å². The van der Waals surface area contributed by atoms with Crippen molar-refractivity contribution < 1.29 is 104 Å². The van der Waals surface area contributed by atoms with Crippen molar-refractivity contribution in [2.24, 2.45) is 0 Å². The van der Waals surface area contributed by atoms with Gasteiger partial charge in [-0.1, -0.05) is 0 Å². The molecule has 6 rings (SSSR count). The van der Waals surface area contributed by atoms with Gasteiger partial charge in [-0.3, -0.25) is 0 Å². The zero-order chi connectivity index (χ0) is 49.4. The second kappa shape index (κ2) is 17.7. The minimum absolute atomic E-state index is 0. The van der Waals surface area contributed by atoms with E-state index in [0.29, 0.717) is 133 Å². The van der Waals surface area contributed by atoms with Crippen LogP contribution in [0.2, 0.25) is 5.02 Å². The average Bonchev–Trinajstić information content (AvgIpc) is 3.22. The van der Waals surface area contributed by atoms with Crippen molar-refractivity contribution in [2.45, 2.75) is 37.1 Å². The summed E-state index contributed by atoms with van der Waals surface area (Å²) >= 11 is 22.6. The van der Waals surface area contributed by atoms with Crippen molar-refractivity contribution >= 4 is 78.3 Å². The van der Waals surface area contributed by atoms with Crippen LogP contribution in [0.15, 0.2) is 140 Å². The molecule has 0 aliphatic carbocycles. The van der Waals surface area contributed by atoms with Crippen LogP contribution in [0, 0.1) is 0 Å². The molecule has 0 unspecified atom stereocenters. The van der Waals surface area contributed by atoms with Gasteiger partial charge >= 0.3 is 377 Å². The monoisotopic (exact) mass is 1240 g/mol. The summed E-state index contributed by atoms with van der Waals surface area (Å²) < 4.78 is 262. The van der Waals surface area contributed by atoms with E-state index < -0.39 is 120 Å². The topological polar surface area (TPSA) is 9.23 Å². The molecule has 0 heterocycles. The fraction of sp³-hybridized carbons (Fsp3) is 0.143. The Kier molecular flexibility index (Phi) is 14.3. The fourth-order valence-electron chi connectivity index (χ4n) is 7.03. The van der Waals surface area contributed by atoms with Gasteiger partial charge in [0.05, 0.1) is 0 Å². The van der Waals surface area contributed by atoms with E-state index in [1.807, 2.05) is 0 Å². The van der Waals surface area contributed by atoms with Crippen molar-refractivity contribution in [3.8, 4) is 0 Å². The summed E-state index contributed by atoms with van der Waals surface area (Å²) in [6, 6.07) is 10.5. The summed E-state index contributed by atoms with van der Waals surface area (Å²) in [5.74, 6) is 0. The molecule has 0 spiro atoms. The Labute approximate surface area is 395 Å². The largest absolute Gasteiger partial charge is 0 e. The molecule has 1 nitrogen and oxygen atoms in total. The molecular formula is C42H23Cl3F18OP2Re. The standard InChI is InChI=1S/C42H23Cl3F18OP2.Re/c43-35-23-29(42(61,62)63)11-22-36(35)66(45,33-18-7-27(8-19-33)40(55,56)57,34-20-9-28(10-21-34)41(58,59)60)64-65(44,30-12-1-24(2-13-30)37(46,47)48,31-14-3-25(4-15-31)38(49,50)51)32-16-5-26(6-17-32)39(52,53)54;/h1-23H;. The van der Waals surface area contributed by atoms with Crippen molar-refractivity contribution in [3.05, 3.63) is 178 Å². The van der Waals surface area contributed by atoms with E-state index in [-0.39, 0.29) is 26.5 Å². The van der Waals surface area contributed by atoms with Gasteiger partial charge in [0.25, 0.3) is 0 Å². The third-order valence-electron chi connectivity index (χ3n) is 10.3. The summed E-state index contributed by atoms with van der Waals surface area (Å²) in [5.41, 5.74) is -8.66. The number of halogens is 21. The van der Waals surface area contributed by atoms with Crippen LogP contribution in [-0.4, -0.2) is 0 Å². The minimum atomic E-state index is -6.69. The van der Waals surface area contributed by atoms with Crippen molar-refractivity contribution in [2.75, 3.05) is 0 Å². The summed E-state index contributed by atoms with van der Waals surface area (Å²) in [6.07, 6.45) is -44.2. The number of hydrogen-bond acceptors (Lipinski definition) is 1. The zero-order valence-electron chi connectivity index (χ0n) is 32.4. The number of benzene rings is 6. The third-order valence-corrected chi connectivity index (χ3v) is 25.1. The molecule has 0 aliphatic rings. The van der Waals surface area contributed by atoms with Crippen molar-refractivity contribution in [3.63, 3.8) is 0 Å². The molecule has 361 valence electrons. The normalized spacial score (nSPS) is 14.6. The molecule has 0 atom stereocenters. The van der Waals surface area contributed by atoms with Gasteiger partial charge in [0.1, 0.15) is 0 Å². The van der Waals surface area contributed by atoms with Gasteiger partial charge in [0.15, 0.2) is 0 Å². The van der Waals surface area contributed by atoms with Crippen LogP contribution in [0.25, 0.3) is 0 Å². The molecule has 6 aromatic carbocycles. The molecule has 0 aromatic heterocycles. The van der Waals surface area contributed by atoms with Gasteiger partial charge in [-0.2, -0.15) is 0 Å². The van der Waals surface area contributed by atoms with Crippen molar-refractivity contribution in [1.29, 1.82) is 0 Å². The summed E-state index contributed by atoms with van der Waals surface area (Å²) in [4.78, 5) is 0. The zero-order valence-corrected chi connectivity index (χ0v) is 39.2. The first-order chi connectivity index (χ1) is 30.0. The number of hydrogen-bond donors (Lipinski definition) is 0. The second-order valence-electron chi connectivity index (χ2n) is 14.3. The van der Waals surface area contributed by atoms with Crippen LogP contribution in [0.3, 0.4) is 0 Å². The molecule has 6 aromatic rings. The molecule has 0 N–H and O–H groups in total. The Morgan fingerprint density at radius 2 is 0.493 bits per heavy atom. The van der Waals surface area contributed by atoms with Gasteiger partial charge in [-0.25, -0.2) is 0 Å². The van der Waals surface area contributed by atoms with Gasteiger partial charge in [0, 0.05) is 20.4 Å². The molecule has 0 aliphatic heterocycles. The van der Waals surface area contributed by atoms with Crippen LogP contribution in [0.4, 0.5) is 79.0 Å². The predicted octanol–water partition coefficient (Wildman–Crippen LogP) is 15.0. The van der Waals surface area contributed by atoms with Crippen LogP contribution < -0.4 is 31.8 Å². The maximum absolute atomic E-state index is 14.2. The van der Waals surface area contributed by atoms with Crippen LogP contribution >= 0.6 is 46.4 Å². The average molecular weight is 1240 g/mol. The van der Waals surface area contributed by atoms with E-state index in [4.69, 9.17) is 38.4 Å². The molecule has 0 bridgehead atoms. The third kappa shape index (κ3) is 9.94. The first-order valence-corrected chi connectivity index (χ1v) is 24.5. The Morgan fingerprint density at radius 1 is 0.299 bits per heavy atom. The van der Waals surface area contributed by atoms with E-state index in [0.717, 1.165) is 0 Å². The molecular weight excluding hydrogens is 1220 g/mol. The molecule has 0 fully saturated rings. The summed E-state index contributed by atoms with van der Waals surface area (Å²) in [5, 5.41) is -5.76. The van der Waals surface area contributed by atoms with Gasteiger partial charge in [-0.05, 0) is 0 Å². The molecule has 1 radical (unpaired) electrons. The SMILES string of the molecule is FC(F)(F)c1ccc(P(Cl)(OP(Cl)(c2ccc(C(F)(F)F)cc2)(c2ccc(C(F)(F)F)cc2)c2ccc(C(F)(F)F)cc2Cl)(c2ccc(C(F)(F)F)cc2)c2ccc(C(F)(F)F)cc2)cc1.[Re]. The van der Waals surface area contributed by atoms with Crippen LogP contribution in [-0.2, 0) is 61.8 Å². The Bertz CT molecular complexity index is 2530. The number of rotatable bonds is 8. The fourth-order valence-corrected chi connectivity index (χ4v) is 23.0. The summed E-state index contributed by atoms with van der Waals surface area (Å²) in [6.45, 7) is 0. The Balaban J connectivity index is 0.00000840. The maximum Gasteiger partial charge on any atom is 0 e. The first kappa shape index (κ1) is 54.4. The second-order valence-corrected chi connectivity index (χ2v) is 26.1. The minimum Gasteiger partial charge on any atom is 0 e. The van der Waals surface area contributed by atoms with E-state index in [9.17, 15) is 79.0 Å². The Hall–Kier alpha value is -3.59. The first-order valence-electron chi connectivity index (χ1n) is 18.0. The van der Waals surface area contributed by atoms with Crippen molar-refractivity contribution in [1.82, 2.24) is 0 Å². The van der Waals surface area contributed by atoms with E-state index in [1.54, 1.807) is 0 Å². The molecule has 0 saturated carbocycles. The number of alkyl halides is 18. The van der Waals surface area contributed by atoms with E-state index >= 15 is 0 Å². The maximum atomic E-state index is 14.2. The Morgan fingerprint density at radius 3 is 0.687 bits per heavy atom. The van der Waals surface area contributed by atoms with Gasteiger partial charge < -0.3 is 0 Å². The molecule has 0 saturated heterocycles. The molecule has 67 heavy (non-hydrogen) atoms. The van der Waals surface area contributed by atoms with E-state index in [2.05, 4.69) is 0 Å². The molecule has 25 heteroatoms. The summed E-state index contributed by atoms with van der Waals surface area (Å²) in [7, 11) is 0. The van der Waals surface area contributed by atoms with Gasteiger partial charge in [-0.15, -0.1) is 0 Å². The van der Waals surface area contributed by atoms with E-state index in [1.165, 1.54) is 0 Å².